The van der Waals surface area contributed by atoms with Gasteiger partial charge in [-0.1, -0.05) is 121 Å². The van der Waals surface area contributed by atoms with Crippen molar-refractivity contribution in [3.8, 4) is 0 Å². The third-order valence-electron chi connectivity index (χ3n) is 5.57. The second-order valence-electron chi connectivity index (χ2n) is 7.85. The molecule has 0 saturated carbocycles. The second kappa shape index (κ2) is 11.4. The lowest BCUT2D eigenvalue weighted by atomic mass is 9.95. The van der Waals surface area contributed by atoms with Crippen LogP contribution in [-0.4, -0.2) is 19.0 Å². The molecule has 0 aliphatic carbocycles. The highest BCUT2D eigenvalue weighted by Crippen LogP contribution is 2.32. The summed E-state index contributed by atoms with van der Waals surface area (Å²) in [5.74, 6) is -1.72. The van der Waals surface area contributed by atoms with Gasteiger partial charge in [-0.15, -0.1) is 0 Å². The Labute approximate surface area is 195 Å². The number of ketones is 1. The molecule has 33 heavy (non-hydrogen) atoms. The standard InChI is InChI=1S/C30H28O3/c31-29(27-17-9-3-10-18-27)30(28-19-11-4-12-20-28,32-23-21-25-13-5-1-6-14-25)33-24-22-26-15-7-2-8-16-26/h1-20H,21-24H2. The van der Waals surface area contributed by atoms with Gasteiger partial charge < -0.3 is 9.47 Å². The van der Waals surface area contributed by atoms with E-state index in [1.165, 1.54) is 0 Å². The predicted molar refractivity (Wildman–Crippen MR) is 131 cm³/mol. The van der Waals surface area contributed by atoms with Gasteiger partial charge in [0.05, 0.1) is 13.2 Å². The fourth-order valence-corrected chi connectivity index (χ4v) is 3.82. The molecule has 0 bridgehead atoms. The van der Waals surface area contributed by atoms with Gasteiger partial charge in [0.25, 0.3) is 5.79 Å². The van der Waals surface area contributed by atoms with Crippen molar-refractivity contribution in [2.45, 2.75) is 18.6 Å². The van der Waals surface area contributed by atoms with Gasteiger partial charge in [-0.3, -0.25) is 4.79 Å². The molecule has 0 aliphatic rings. The molecule has 0 atom stereocenters. The molecule has 0 radical (unpaired) electrons. The zero-order valence-corrected chi connectivity index (χ0v) is 18.6. The van der Waals surface area contributed by atoms with Crippen molar-refractivity contribution in [2.24, 2.45) is 0 Å². The van der Waals surface area contributed by atoms with Crippen LogP contribution in [0.2, 0.25) is 0 Å². The molecule has 3 heteroatoms. The monoisotopic (exact) mass is 436 g/mol. The normalized spacial score (nSPS) is 11.3. The summed E-state index contributed by atoms with van der Waals surface area (Å²) in [4.78, 5) is 13.9. The lowest BCUT2D eigenvalue weighted by Crippen LogP contribution is -2.43. The van der Waals surface area contributed by atoms with Gasteiger partial charge in [-0.05, 0) is 24.0 Å². The molecule has 0 heterocycles. The van der Waals surface area contributed by atoms with Crippen molar-refractivity contribution in [1.29, 1.82) is 0 Å². The van der Waals surface area contributed by atoms with E-state index in [-0.39, 0.29) is 5.78 Å². The molecule has 166 valence electrons. The molecule has 0 unspecified atom stereocenters. The summed E-state index contributed by atoms with van der Waals surface area (Å²) in [5, 5.41) is 0. The van der Waals surface area contributed by atoms with E-state index in [9.17, 15) is 4.79 Å². The van der Waals surface area contributed by atoms with Crippen molar-refractivity contribution in [1.82, 2.24) is 0 Å². The molecule has 4 rings (SSSR count). The van der Waals surface area contributed by atoms with Gasteiger partial charge in [0.2, 0.25) is 5.78 Å². The zero-order valence-electron chi connectivity index (χ0n) is 18.6. The smallest absolute Gasteiger partial charge is 0.261 e. The summed E-state index contributed by atoms with van der Waals surface area (Å²) in [5.41, 5.74) is 3.55. The van der Waals surface area contributed by atoms with Gasteiger partial charge in [0, 0.05) is 11.1 Å². The van der Waals surface area contributed by atoms with Gasteiger partial charge in [0.1, 0.15) is 0 Å². The SMILES string of the molecule is O=C(c1ccccc1)C(OCCc1ccccc1)(OCCc1ccccc1)c1ccccc1. The van der Waals surface area contributed by atoms with Crippen LogP contribution >= 0.6 is 0 Å². The number of hydrogen-bond donors (Lipinski definition) is 0. The number of Topliss-reactive ketones (excluding diaryl/α,β-unsaturated/α-hetero) is 1. The molecular formula is C30H28O3. The van der Waals surface area contributed by atoms with Gasteiger partial charge in [-0.2, -0.15) is 0 Å². The maximum atomic E-state index is 13.9. The molecule has 0 N–H and O–H groups in total. The largest absolute Gasteiger partial charge is 0.339 e. The van der Waals surface area contributed by atoms with E-state index in [1.807, 2.05) is 84.9 Å². The van der Waals surface area contributed by atoms with Crippen molar-refractivity contribution in [3.63, 3.8) is 0 Å². The zero-order chi connectivity index (χ0) is 22.8. The minimum absolute atomic E-state index is 0.199. The van der Waals surface area contributed by atoms with Gasteiger partial charge >= 0.3 is 0 Å². The Morgan fingerprint density at radius 1 is 0.545 bits per heavy atom. The van der Waals surface area contributed by atoms with E-state index >= 15 is 0 Å². The summed E-state index contributed by atoms with van der Waals surface area (Å²) in [6.45, 7) is 0.700. The summed E-state index contributed by atoms with van der Waals surface area (Å²) in [6, 6.07) is 39.0. The summed E-state index contributed by atoms with van der Waals surface area (Å²) in [7, 11) is 0. The van der Waals surface area contributed by atoms with E-state index in [4.69, 9.17) is 9.47 Å². The Balaban J connectivity index is 1.64. The highest BCUT2D eigenvalue weighted by molar-refractivity contribution is 6.02. The Morgan fingerprint density at radius 2 is 0.939 bits per heavy atom. The van der Waals surface area contributed by atoms with Crippen molar-refractivity contribution < 1.29 is 14.3 Å². The highest BCUT2D eigenvalue weighted by atomic mass is 16.7. The Hall–Kier alpha value is -3.53. The first-order valence-corrected chi connectivity index (χ1v) is 11.3. The molecule has 0 aliphatic heterocycles. The van der Waals surface area contributed by atoms with E-state index in [0.29, 0.717) is 37.2 Å². The van der Waals surface area contributed by atoms with Crippen molar-refractivity contribution in [3.05, 3.63) is 144 Å². The maximum Gasteiger partial charge on any atom is 0.261 e. The fourth-order valence-electron chi connectivity index (χ4n) is 3.82. The number of rotatable bonds is 11. The van der Waals surface area contributed by atoms with Crippen LogP contribution in [0.15, 0.2) is 121 Å². The molecule has 4 aromatic carbocycles. The Morgan fingerprint density at radius 3 is 1.39 bits per heavy atom. The Bertz CT molecular complexity index is 1060. The van der Waals surface area contributed by atoms with E-state index < -0.39 is 5.79 Å². The third kappa shape index (κ3) is 5.83. The quantitative estimate of drug-likeness (QED) is 0.206. The van der Waals surface area contributed by atoms with Crippen molar-refractivity contribution >= 4 is 5.78 Å². The average molecular weight is 437 g/mol. The van der Waals surface area contributed by atoms with Crippen molar-refractivity contribution in [2.75, 3.05) is 13.2 Å². The number of hydrogen-bond acceptors (Lipinski definition) is 3. The van der Waals surface area contributed by atoms with Crippen LogP contribution in [-0.2, 0) is 28.1 Å². The summed E-state index contributed by atoms with van der Waals surface area (Å²) >= 11 is 0. The molecule has 0 fully saturated rings. The highest BCUT2D eigenvalue weighted by Gasteiger charge is 2.43. The molecule has 0 amide bonds. The Kier molecular flexibility index (Phi) is 7.81. The minimum Gasteiger partial charge on any atom is -0.339 e. The van der Waals surface area contributed by atoms with Crippen LogP contribution in [0, 0.1) is 0 Å². The predicted octanol–water partition coefficient (Wildman–Crippen LogP) is 6.24. The van der Waals surface area contributed by atoms with Crippen LogP contribution < -0.4 is 0 Å². The first-order chi connectivity index (χ1) is 16.3. The van der Waals surface area contributed by atoms with Crippen LogP contribution in [0.25, 0.3) is 0 Å². The third-order valence-corrected chi connectivity index (χ3v) is 5.57. The molecule has 0 aromatic heterocycles. The number of ether oxygens (including phenoxy) is 2. The lowest BCUT2D eigenvalue weighted by Gasteiger charge is -2.33. The van der Waals surface area contributed by atoms with E-state index in [0.717, 1.165) is 11.1 Å². The van der Waals surface area contributed by atoms with Crippen LogP contribution in [0.1, 0.15) is 27.0 Å². The molecule has 0 spiro atoms. The second-order valence-corrected chi connectivity index (χ2v) is 7.85. The summed E-state index contributed by atoms with van der Waals surface area (Å²) in [6.07, 6.45) is 1.36. The fraction of sp³-hybridized carbons (Fsp3) is 0.167. The molecule has 3 nitrogen and oxygen atoms in total. The maximum absolute atomic E-state index is 13.9. The number of carbonyl (C=O) groups excluding carboxylic acids is 1. The minimum atomic E-state index is -1.52. The number of carbonyl (C=O) groups is 1. The van der Waals surface area contributed by atoms with E-state index in [1.54, 1.807) is 12.1 Å². The average Bonchev–Trinajstić information content (AvgIpc) is 2.90. The van der Waals surface area contributed by atoms with Crippen LogP contribution in [0.4, 0.5) is 0 Å². The molecule has 0 saturated heterocycles. The topological polar surface area (TPSA) is 35.5 Å². The molecule has 4 aromatic rings. The lowest BCUT2D eigenvalue weighted by molar-refractivity contribution is -0.209. The summed E-state index contributed by atoms with van der Waals surface area (Å²) < 4.78 is 12.8. The first kappa shape index (κ1) is 22.7. The van der Waals surface area contributed by atoms with Crippen LogP contribution in [0.5, 0.6) is 0 Å². The van der Waals surface area contributed by atoms with Gasteiger partial charge in [-0.25, -0.2) is 0 Å². The van der Waals surface area contributed by atoms with Crippen LogP contribution in [0.3, 0.4) is 0 Å². The van der Waals surface area contributed by atoms with E-state index in [2.05, 4.69) is 24.3 Å². The number of benzene rings is 4. The first-order valence-electron chi connectivity index (χ1n) is 11.3. The van der Waals surface area contributed by atoms with Gasteiger partial charge in [0.15, 0.2) is 0 Å². The molecular weight excluding hydrogens is 408 g/mol.